The van der Waals surface area contributed by atoms with Crippen molar-refractivity contribution in [1.29, 1.82) is 0 Å². The minimum atomic E-state index is -4.09. The summed E-state index contributed by atoms with van der Waals surface area (Å²) < 4.78 is 54.0. The second kappa shape index (κ2) is 8.59. The zero-order valence-electron chi connectivity index (χ0n) is 15.4. The summed E-state index contributed by atoms with van der Waals surface area (Å²) in [5.41, 5.74) is -0.136. The number of rotatable bonds is 5. The molecule has 0 aliphatic rings. The van der Waals surface area contributed by atoms with Crippen molar-refractivity contribution in [2.24, 2.45) is 0 Å². The molecular weight excluding hydrogens is 457 g/mol. The Morgan fingerprint density at radius 1 is 0.967 bits per heavy atom. The van der Waals surface area contributed by atoms with Gasteiger partial charge in [-0.3, -0.25) is 9.10 Å². The van der Waals surface area contributed by atoms with Gasteiger partial charge in [0.25, 0.3) is 15.9 Å². The van der Waals surface area contributed by atoms with Crippen LogP contribution in [0.15, 0.2) is 65.6 Å². The molecule has 3 aromatic carbocycles. The number of anilines is 2. The molecule has 0 fully saturated rings. The van der Waals surface area contributed by atoms with Gasteiger partial charge in [0.05, 0.1) is 31.9 Å². The summed E-state index contributed by atoms with van der Waals surface area (Å²) in [6, 6.07) is 12.5. The first-order valence-corrected chi connectivity index (χ1v) is 10.6. The minimum absolute atomic E-state index is 0.0293. The highest BCUT2D eigenvalue weighted by Gasteiger charge is 2.24. The molecule has 3 rings (SSSR count). The molecule has 30 heavy (non-hydrogen) atoms. The van der Waals surface area contributed by atoms with Gasteiger partial charge in [0, 0.05) is 7.05 Å². The zero-order valence-corrected chi connectivity index (χ0v) is 17.7. The minimum Gasteiger partial charge on any atom is -0.319 e. The van der Waals surface area contributed by atoms with Crippen LogP contribution in [0.1, 0.15) is 10.4 Å². The largest absolute Gasteiger partial charge is 0.319 e. The number of benzene rings is 3. The van der Waals surface area contributed by atoms with Crippen molar-refractivity contribution in [3.63, 3.8) is 0 Å². The van der Waals surface area contributed by atoms with E-state index in [1.165, 1.54) is 49.5 Å². The number of nitrogens with zero attached hydrogens (tertiary/aromatic N) is 1. The molecule has 0 atom stereocenters. The molecule has 10 heteroatoms. The fraction of sp³-hybridized carbons (Fsp3) is 0.0500. The van der Waals surface area contributed by atoms with E-state index in [1.54, 1.807) is 0 Å². The average Bonchev–Trinajstić information content (AvgIpc) is 2.71. The molecule has 0 radical (unpaired) electrons. The molecule has 0 bridgehead atoms. The maximum Gasteiger partial charge on any atom is 0.264 e. The molecule has 0 saturated carbocycles. The topological polar surface area (TPSA) is 66.5 Å². The molecule has 0 unspecified atom stereocenters. The summed E-state index contributed by atoms with van der Waals surface area (Å²) in [5.74, 6) is -2.16. The van der Waals surface area contributed by atoms with Gasteiger partial charge in [0.15, 0.2) is 5.82 Å². The van der Waals surface area contributed by atoms with Gasteiger partial charge in [-0.05, 0) is 54.6 Å². The summed E-state index contributed by atoms with van der Waals surface area (Å²) in [5, 5.41) is 2.11. The number of carbonyl (C=O) groups excluding carboxylic acids is 1. The number of amides is 1. The molecular formula is C20H14Cl2F2N2O3S. The molecule has 0 aliphatic carbocycles. The van der Waals surface area contributed by atoms with Crippen molar-refractivity contribution in [3.8, 4) is 0 Å². The van der Waals surface area contributed by atoms with E-state index >= 15 is 0 Å². The fourth-order valence-electron chi connectivity index (χ4n) is 2.58. The van der Waals surface area contributed by atoms with Gasteiger partial charge in [-0.15, -0.1) is 0 Å². The Morgan fingerprint density at radius 2 is 1.63 bits per heavy atom. The van der Waals surface area contributed by atoms with Crippen LogP contribution in [-0.4, -0.2) is 21.4 Å². The molecule has 156 valence electrons. The number of hydrogen-bond acceptors (Lipinski definition) is 3. The van der Waals surface area contributed by atoms with Crippen LogP contribution in [0.2, 0.25) is 10.0 Å². The summed E-state index contributed by atoms with van der Waals surface area (Å²) in [6.45, 7) is 0. The first-order chi connectivity index (χ1) is 14.1. The van der Waals surface area contributed by atoms with Crippen molar-refractivity contribution in [1.82, 2.24) is 0 Å². The first-order valence-electron chi connectivity index (χ1n) is 8.40. The van der Waals surface area contributed by atoms with Crippen molar-refractivity contribution in [3.05, 3.63) is 87.9 Å². The highest BCUT2D eigenvalue weighted by molar-refractivity contribution is 7.92. The third kappa shape index (κ3) is 4.40. The van der Waals surface area contributed by atoms with Crippen LogP contribution in [0.25, 0.3) is 0 Å². The highest BCUT2D eigenvalue weighted by Crippen LogP contribution is 2.28. The maximum atomic E-state index is 14.1. The lowest BCUT2D eigenvalue weighted by Crippen LogP contribution is -2.27. The molecule has 0 heterocycles. The Kier molecular flexibility index (Phi) is 6.30. The molecule has 0 aliphatic heterocycles. The molecule has 0 aromatic heterocycles. The smallest absolute Gasteiger partial charge is 0.264 e. The normalized spacial score (nSPS) is 11.2. The average molecular weight is 471 g/mol. The maximum absolute atomic E-state index is 14.1. The lowest BCUT2D eigenvalue weighted by molar-refractivity contribution is 0.102. The van der Waals surface area contributed by atoms with E-state index in [2.05, 4.69) is 5.32 Å². The number of carbonyl (C=O) groups is 1. The number of hydrogen-bond donors (Lipinski definition) is 1. The van der Waals surface area contributed by atoms with Crippen LogP contribution in [0.3, 0.4) is 0 Å². The zero-order chi connectivity index (χ0) is 22.1. The summed E-state index contributed by atoms with van der Waals surface area (Å²) in [4.78, 5) is 12.4. The van der Waals surface area contributed by atoms with E-state index in [0.29, 0.717) is 0 Å². The predicted molar refractivity (Wildman–Crippen MR) is 113 cm³/mol. The van der Waals surface area contributed by atoms with E-state index in [1.807, 2.05) is 0 Å². The summed E-state index contributed by atoms with van der Waals surface area (Å²) >= 11 is 11.8. The van der Waals surface area contributed by atoms with Crippen molar-refractivity contribution in [2.45, 2.75) is 4.90 Å². The number of halogens is 4. The Morgan fingerprint density at radius 3 is 2.30 bits per heavy atom. The second-order valence-electron chi connectivity index (χ2n) is 6.15. The lowest BCUT2D eigenvalue weighted by atomic mass is 10.2. The van der Waals surface area contributed by atoms with Crippen LogP contribution in [-0.2, 0) is 10.0 Å². The van der Waals surface area contributed by atoms with Gasteiger partial charge in [0.1, 0.15) is 5.82 Å². The Balaban J connectivity index is 1.95. The summed E-state index contributed by atoms with van der Waals surface area (Å²) in [6.07, 6.45) is 0. The third-order valence-corrected chi connectivity index (χ3v) is 6.63. The van der Waals surface area contributed by atoms with Gasteiger partial charge < -0.3 is 5.32 Å². The van der Waals surface area contributed by atoms with Gasteiger partial charge in [-0.2, -0.15) is 0 Å². The number of nitrogens with one attached hydrogen (secondary N) is 1. The molecule has 3 aromatic rings. The molecule has 0 spiro atoms. The second-order valence-corrected chi connectivity index (χ2v) is 8.93. The summed E-state index contributed by atoms with van der Waals surface area (Å²) in [7, 11) is -2.80. The third-order valence-electron chi connectivity index (χ3n) is 4.23. The van der Waals surface area contributed by atoms with Gasteiger partial charge >= 0.3 is 0 Å². The Bertz CT molecular complexity index is 1220. The van der Waals surface area contributed by atoms with E-state index < -0.39 is 27.6 Å². The fourth-order valence-corrected chi connectivity index (χ4v) is 4.18. The standard InChI is InChI=1S/C20H14Cl2F2N2O3S/c1-26(13-7-5-12(23)6-8-13)30(28,29)14-9-10-16(21)15(11-14)20(27)25-18-4-2-3-17(22)19(18)24/h2-11H,1H3,(H,25,27). The molecule has 1 N–H and O–H groups in total. The van der Waals surface area contributed by atoms with Crippen LogP contribution >= 0.6 is 23.2 Å². The van der Waals surface area contributed by atoms with Gasteiger partial charge in [0.2, 0.25) is 0 Å². The SMILES string of the molecule is CN(c1ccc(F)cc1)S(=O)(=O)c1ccc(Cl)c(C(=O)Nc2cccc(Cl)c2F)c1. The van der Waals surface area contributed by atoms with E-state index in [-0.39, 0.29) is 31.9 Å². The van der Waals surface area contributed by atoms with Crippen LogP contribution < -0.4 is 9.62 Å². The predicted octanol–water partition coefficient (Wildman–Crippen LogP) is 5.35. The van der Waals surface area contributed by atoms with Crippen molar-refractivity contribution >= 4 is 50.5 Å². The molecule has 5 nitrogen and oxygen atoms in total. The highest BCUT2D eigenvalue weighted by atomic mass is 35.5. The van der Waals surface area contributed by atoms with Crippen LogP contribution in [0.5, 0.6) is 0 Å². The van der Waals surface area contributed by atoms with Gasteiger partial charge in [-0.1, -0.05) is 29.3 Å². The first kappa shape index (κ1) is 22.0. The van der Waals surface area contributed by atoms with Crippen molar-refractivity contribution in [2.75, 3.05) is 16.7 Å². The molecule has 1 amide bonds. The van der Waals surface area contributed by atoms with E-state index in [9.17, 15) is 22.0 Å². The van der Waals surface area contributed by atoms with E-state index in [4.69, 9.17) is 23.2 Å². The number of sulfonamides is 1. The van der Waals surface area contributed by atoms with Crippen LogP contribution in [0, 0.1) is 11.6 Å². The Labute approximate surface area is 181 Å². The monoisotopic (exact) mass is 470 g/mol. The molecule has 0 saturated heterocycles. The lowest BCUT2D eigenvalue weighted by Gasteiger charge is -2.20. The quantitative estimate of drug-likeness (QED) is 0.546. The van der Waals surface area contributed by atoms with Crippen LogP contribution in [0.4, 0.5) is 20.2 Å². The van der Waals surface area contributed by atoms with Gasteiger partial charge in [-0.25, -0.2) is 17.2 Å². The Hall–Kier alpha value is -2.68. The van der Waals surface area contributed by atoms with Crippen molar-refractivity contribution < 1.29 is 22.0 Å². The van der Waals surface area contributed by atoms with E-state index in [0.717, 1.165) is 22.5 Å².